The summed E-state index contributed by atoms with van der Waals surface area (Å²) < 4.78 is 2.86. The van der Waals surface area contributed by atoms with Gasteiger partial charge in [0, 0.05) is 6.54 Å². The molecule has 114 valence electrons. The molecule has 20 heavy (non-hydrogen) atoms. The van der Waals surface area contributed by atoms with Gasteiger partial charge in [-0.2, -0.15) is 16.9 Å². The van der Waals surface area contributed by atoms with E-state index in [0.717, 1.165) is 29.7 Å². The summed E-state index contributed by atoms with van der Waals surface area (Å²) in [5.74, 6) is 3.12. The van der Waals surface area contributed by atoms with E-state index in [1.54, 1.807) is 6.20 Å². The zero-order valence-electron chi connectivity index (χ0n) is 12.3. The summed E-state index contributed by atoms with van der Waals surface area (Å²) in [6.07, 6.45) is 4.69. The highest BCUT2D eigenvalue weighted by atomic mass is 79.9. The first-order chi connectivity index (χ1) is 9.58. The Morgan fingerprint density at radius 1 is 1.50 bits per heavy atom. The fourth-order valence-corrected chi connectivity index (χ4v) is 4.35. The Bertz CT molecular complexity index is 419. The van der Waals surface area contributed by atoms with Crippen LogP contribution in [0.3, 0.4) is 0 Å². The van der Waals surface area contributed by atoms with E-state index in [-0.39, 0.29) is 0 Å². The largest absolute Gasteiger partial charge is 0.387 e. The molecule has 1 aliphatic heterocycles. The topological polar surface area (TPSA) is 41.3 Å². The molecule has 1 atom stereocenters. The van der Waals surface area contributed by atoms with E-state index in [9.17, 15) is 5.11 Å². The lowest BCUT2D eigenvalue weighted by atomic mass is 9.94. The molecule has 0 amide bonds. The molecule has 0 aliphatic carbocycles. The van der Waals surface area contributed by atoms with E-state index < -0.39 is 6.10 Å². The molecule has 6 heteroatoms. The normalized spacial score (nSPS) is 18.6. The van der Waals surface area contributed by atoms with Crippen LogP contribution in [0.25, 0.3) is 0 Å². The maximum absolute atomic E-state index is 10.6. The number of likely N-dealkylation sites (N-methyl/N-ethyl adjacent to an activating group) is 1. The highest BCUT2D eigenvalue weighted by Gasteiger charge is 2.23. The average Bonchev–Trinajstić information content (AvgIpc) is 2.78. The third kappa shape index (κ3) is 4.48. The SMILES string of the molecule is CN(C)CCn1ncc(Br)c1C(O)CC1CCSCC1. The van der Waals surface area contributed by atoms with Gasteiger partial charge in [-0.3, -0.25) is 4.68 Å². The van der Waals surface area contributed by atoms with Gasteiger partial charge in [0.2, 0.25) is 0 Å². The van der Waals surface area contributed by atoms with Crippen molar-refractivity contribution in [3.63, 3.8) is 0 Å². The predicted octanol–water partition coefficient (Wildman–Crippen LogP) is 2.77. The van der Waals surface area contributed by atoms with Crippen LogP contribution in [0.4, 0.5) is 0 Å². The van der Waals surface area contributed by atoms with Gasteiger partial charge in [-0.05, 0) is 66.7 Å². The molecule has 0 radical (unpaired) electrons. The average molecular weight is 362 g/mol. The van der Waals surface area contributed by atoms with Crippen LogP contribution in [0.15, 0.2) is 10.7 Å². The van der Waals surface area contributed by atoms with E-state index in [4.69, 9.17) is 0 Å². The van der Waals surface area contributed by atoms with E-state index in [1.807, 2.05) is 30.5 Å². The Labute approximate surface area is 134 Å². The number of hydrogen-bond donors (Lipinski definition) is 1. The first kappa shape index (κ1) is 16.3. The zero-order valence-corrected chi connectivity index (χ0v) is 14.7. The van der Waals surface area contributed by atoms with Gasteiger partial charge in [-0.15, -0.1) is 0 Å². The van der Waals surface area contributed by atoms with Crippen LogP contribution in [-0.2, 0) is 6.54 Å². The number of aliphatic hydroxyl groups is 1. The summed E-state index contributed by atoms with van der Waals surface area (Å²) in [7, 11) is 4.10. The number of thioether (sulfide) groups is 1. The summed E-state index contributed by atoms with van der Waals surface area (Å²) in [6, 6.07) is 0. The molecule has 1 N–H and O–H groups in total. The molecule has 0 bridgehead atoms. The van der Waals surface area contributed by atoms with E-state index >= 15 is 0 Å². The van der Waals surface area contributed by atoms with Gasteiger partial charge in [0.05, 0.1) is 29.0 Å². The van der Waals surface area contributed by atoms with Crippen molar-refractivity contribution in [2.45, 2.75) is 31.9 Å². The second-order valence-corrected chi connectivity index (χ2v) is 7.79. The van der Waals surface area contributed by atoms with Crippen LogP contribution >= 0.6 is 27.7 Å². The van der Waals surface area contributed by atoms with Crippen LogP contribution in [0.1, 0.15) is 31.1 Å². The molecule has 2 rings (SSSR count). The van der Waals surface area contributed by atoms with E-state index in [0.29, 0.717) is 5.92 Å². The molecule has 0 saturated carbocycles. The molecule has 1 fully saturated rings. The molecule has 2 heterocycles. The van der Waals surface area contributed by atoms with Crippen molar-refractivity contribution in [3.05, 3.63) is 16.4 Å². The van der Waals surface area contributed by atoms with Crippen molar-refractivity contribution >= 4 is 27.7 Å². The minimum absolute atomic E-state index is 0.415. The lowest BCUT2D eigenvalue weighted by Gasteiger charge is -2.24. The third-order valence-electron chi connectivity index (χ3n) is 3.81. The quantitative estimate of drug-likeness (QED) is 0.845. The summed E-state index contributed by atoms with van der Waals surface area (Å²) in [4.78, 5) is 2.13. The molecule has 1 unspecified atom stereocenters. The van der Waals surface area contributed by atoms with Gasteiger partial charge in [-0.1, -0.05) is 0 Å². The zero-order chi connectivity index (χ0) is 14.5. The van der Waals surface area contributed by atoms with E-state index in [2.05, 4.69) is 25.9 Å². The maximum atomic E-state index is 10.6. The fraction of sp³-hybridized carbons (Fsp3) is 0.786. The second kappa shape index (κ2) is 7.82. The second-order valence-electron chi connectivity index (χ2n) is 5.71. The first-order valence-corrected chi connectivity index (χ1v) is 9.14. The number of nitrogens with zero attached hydrogens (tertiary/aromatic N) is 3. The Hall–Kier alpha value is -0.0400. The lowest BCUT2D eigenvalue weighted by molar-refractivity contribution is 0.130. The van der Waals surface area contributed by atoms with Crippen molar-refractivity contribution in [2.75, 3.05) is 32.1 Å². The van der Waals surface area contributed by atoms with Gasteiger partial charge < -0.3 is 10.0 Å². The van der Waals surface area contributed by atoms with Crippen molar-refractivity contribution in [1.29, 1.82) is 0 Å². The highest BCUT2D eigenvalue weighted by Crippen LogP contribution is 2.33. The Morgan fingerprint density at radius 2 is 2.20 bits per heavy atom. The number of aromatic nitrogens is 2. The summed E-state index contributed by atoms with van der Waals surface area (Å²) >= 11 is 5.56. The van der Waals surface area contributed by atoms with Crippen molar-refractivity contribution < 1.29 is 5.11 Å². The first-order valence-electron chi connectivity index (χ1n) is 7.19. The van der Waals surface area contributed by atoms with Crippen LogP contribution in [0, 0.1) is 5.92 Å². The smallest absolute Gasteiger partial charge is 0.0970 e. The van der Waals surface area contributed by atoms with E-state index in [1.165, 1.54) is 24.3 Å². The van der Waals surface area contributed by atoms with Crippen LogP contribution < -0.4 is 0 Å². The highest BCUT2D eigenvalue weighted by molar-refractivity contribution is 9.10. The molecular weight excluding hydrogens is 338 g/mol. The molecule has 1 aliphatic rings. The van der Waals surface area contributed by atoms with Crippen molar-refractivity contribution in [3.8, 4) is 0 Å². The van der Waals surface area contributed by atoms with Crippen LogP contribution in [-0.4, -0.2) is 51.9 Å². The van der Waals surface area contributed by atoms with Crippen molar-refractivity contribution in [1.82, 2.24) is 14.7 Å². The molecular formula is C14H24BrN3OS. The minimum Gasteiger partial charge on any atom is -0.387 e. The molecule has 0 aromatic carbocycles. The van der Waals surface area contributed by atoms with Crippen LogP contribution in [0.5, 0.6) is 0 Å². The third-order valence-corrected chi connectivity index (χ3v) is 5.47. The van der Waals surface area contributed by atoms with Gasteiger partial charge in [0.15, 0.2) is 0 Å². The Kier molecular flexibility index (Phi) is 6.39. The Morgan fingerprint density at radius 3 is 2.85 bits per heavy atom. The van der Waals surface area contributed by atoms with Gasteiger partial charge in [0.1, 0.15) is 0 Å². The predicted molar refractivity (Wildman–Crippen MR) is 88.1 cm³/mol. The van der Waals surface area contributed by atoms with Crippen molar-refractivity contribution in [2.24, 2.45) is 5.92 Å². The van der Waals surface area contributed by atoms with Gasteiger partial charge in [-0.25, -0.2) is 0 Å². The number of hydrogen-bond acceptors (Lipinski definition) is 4. The minimum atomic E-state index is -0.415. The van der Waals surface area contributed by atoms with Gasteiger partial charge >= 0.3 is 0 Å². The molecule has 1 aromatic rings. The number of aliphatic hydroxyl groups excluding tert-OH is 1. The monoisotopic (exact) mass is 361 g/mol. The summed E-state index contributed by atoms with van der Waals surface area (Å²) in [6.45, 7) is 1.74. The summed E-state index contributed by atoms with van der Waals surface area (Å²) in [5, 5.41) is 15.0. The Balaban J connectivity index is 2.00. The fourth-order valence-electron chi connectivity index (χ4n) is 2.59. The molecule has 1 saturated heterocycles. The van der Waals surface area contributed by atoms with Gasteiger partial charge in [0.25, 0.3) is 0 Å². The molecule has 0 spiro atoms. The molecule has 4 nitrogen and oxygen atoms in total. The maximum Gasteiger partial charge on any atom is 0.0970 e. The molecule has 1 aromatic heterocycles. The summed E-state index contributed by atoms with van der Waals surface area (Å²) in [5.41, 5.74) is 0.935. The lowest BCUT2D eigenvalue weighted by Crippen LogP contribution is -2.22. The van der Waals surface area contributed by atoms with Crippen LogP contribution in [0.2, 0.25) is 0 Å². The standard InChI is InChI=1S/C14H24BrN3OS/c1-17(2)5-6-18-14(12(15)10-16-18)13(19)9-11-3-7-20-8-4-11/h10-11,13,19H,3-9H2,1-2H3. The number of rotatable bonds is 6. The number of halogens is 1.